The molecular formula is C21H24N8O2. The topological polar surface area (TPSA) is 126 Å². The second-order valence-electron chi connectivity index (χ2n) is 8.06. The number of carbonyl (C=O) groups is 1. The zero-order valence-corrected chi connectivity index (χ0v) is 18.1. The van der Waals surface area contributed by atoms with E-state index < -0.39 is 5.97 Å². The molecule has 3 heterocycles. The Bertz CT molecular complexity index is 1260. The van der Waals surface area contributed by atoms with E-state index in [0.717, 1.165) is 5.56 Å². The molecule has 0 aliphatic rings. The molecule has 4 aromatic rings. The molecule has 10 heteroatoms. The fraction of sp³-hybridized carbons (Fsp3) is 0.333. The summed E-state index contributed by atoms with van der Waals surface area (Å²) in [5, 5.41) is 23.4. The lowest BCUT2D eigenvalue weighted by Gasteiger charge is -2.17. The molecule has 0 unspecified atom stereocenters. The van der Waals surface area contributed by atoms with Gasteiger partial charge in [-0.15, -0.1) is 15.3 Å². The minimum Gasteiger partial charge on any atom is -0.462 e. The third-order valence-electron chi connectivity index (χ3n) is 4.66. The maximum Gasteiger partial charge on any atom is 0.344 e. The van der Waals surface area contributed by atoms with Gasteiger partial charge in [0.05, 0.1) is 18.0 Å². The van der Waals surface area contributed by atoms with Crippen molar-refractivity contribution >= 4 is 23.1 Å². The van der Waals surface area contributed by atoms with Gasteiger partial charge in [0.1, 0.15) is 11.4 Å². The summed E-state index contributed by atoms with van der Waals surface area (Å²) < 4.78 is 6.79. The maximum atomic E-state index is 12.6. The van der Waals surface area contributed by atoms with Gasteiger partial charge in [-0.05, 0) is 13.8 Å². The number of esters is 1. The summed E-state index contributed by atoms with van der Waals surface area (Å²) in [6, 6.07) is 9.70. The van der Waals surface area contributed by atoms with Gasteiger partial charge in [0.15, 0.2) is 5.69 Å². The molecule has 3 aromatic heterocycles. The molecule has 0 amide bonds. The second kappa shape index (κ2) is 7.78. The molecule has 0 saturated carbocycles. The van der Waals surface area contributed by atoms with Gasteiger partial charge in [-0.2, -0.15) is 9.73 Å². The number of azo groups is 1. The van der Waals surface area contributed by atoms with Crippen LogP contribution in [0.25, 0.3) is 16.9 Å². The molecule has 10 nitrogen and oxygen atoms in total. The lowest BCUT2D eigenvalue weighted by molar-refractivity contribution is 0.0524. The lowest BCUT2D eigenvalue weighted by atomic mass is 9.89. The number of H-pyrrole nitrogens is 2. The van der Waals surface area contributed by atoms with Crippen molar-refractivity contribution in [1.82, 2.24) is 30.0 Å². The summed E-state index contributed by atoms with van der Waals surface area (Å²) in [6.07, 6.45) is 0. The monoisotopic (exact) mass is 420 g/mol. The molecule has 0 atom stereocenters. The summed E-state index contributed by atoms with van der Waals surface area (Å²) in [4.78, 5) is 17.1. The average Bonchev–Trinajstić information content (AvgIpc) is 3.39. The van der Waals surface area contributed by atoms with Crippen molar-refractivity contribution in [1.29, 1.82) is 0 Å². The number of ether oxygens (including phenoxy) is 1. The van der Waals surface area contributed by atoms with E-state index in [9.17, 15) is 4.79 Å². The van der Waals surface area contributed by atoms with Gasteiger partial charge in [0, 0.05) is 11.0 Å². The fourth-order valence-corrected chi connectivity index (χ4v) is 3.26. The van der Waals surface area contributed by atoms with Gasteiger partial charge in [0.25, 0.3) is 0 Å². The van der Waals surface area contributed by atoms with Crippen LogP contribution >= 0.6 is 0 Å². The van der Waals surface area contributed by atoms with Crippen LogP contribution in [0.5, 0.6) is 0 Å². The number of nitrogens with zero attached hydrogens (tertiary/aromatic N) is 6. The van der Waals surface area contributed by atoms with Crippen LogP contribution in [0, 0.1) is 6.92 Å². The van der Waals surface area contributed by atoms with Crippen LogP contribution < -0.4 is 0 Å². The Labute approximate surface area is 178 Å². The third kappa shape index (κ3) is 3.83. The summed E-state index contributed by atoms with van der Waals surface area (Å²) in [6.45, 7) is 9.74. The summed E-state index contributed by atoms with van der Waals surface area (Å²) in [7, 11) is 0. The van der Waals surface area contributed by atoms with Gasteiger partial charge in [-0.25, -0.2) is 9.78 Å². The lowest BCUT2D eigenvalue weighted by Crippen LogP contribution is -2.17. The van der Waals surface area contributed by atoms with Crippen LogP contribution in [-0.2, 0) is 10.2 Å². The Balaban J connectivity index is 1.84. The predicted octanol–water partition coefficient (Wildman–Crippen LogP) is 4.65. The summed E-state index contributed by atoms with van der Waals surface area (Å²) in [5.41, 5.74) is 3.22. The largest absolute Gasteiger partial charge is 0.462 e. The molecule has 1 aromatic carbocycles. The third-order valence-corrected chi connectivity index (χ3v) is 4.66. The molecule has 0 radical (unpaired) electrons. The first kappa shape index (κ1) is 20.5. The number of nitrogens with one attached hydrogen (secondary N) is 2. The number of aromatic nitrogens is 6. The zero-order chi connectivity index (χ0) is 22.2. The van der Waals surface area contributed by atoms with Gasteiger partial charge >= 0.3 is 5.97 Å². The van der Waals surface area contributed by atoms with Gasteiger partial charge in [-0.1, -0.05) is 51.1 Å². The minimum absolute atomic E-state index is 0.165. The number of benzene rings is 1. The fourth-order valence-electron chi connectivity index (χ4n) is 3.26. The first-order valence-corrected chi connectivity index (χ1v) is 9.98. The van der Waals surface area contributed by atoms with Gasteiger partial charge in [-0.3, -0.25) is 10.2 Å². The van der Waals surface area contributed by atoms with Gasteiger partial charge in [0.2, 0.25) is 11.5 Å². The Hall–Kier alpha value is -3.82. The van der Waals surface area contributed by atoms with Crippen molar-refractivity contribution in [3.63, 3.8) is 0 Å². The van der Waals surface area contributed by atoms with E-state index >= 15 is 0 Å². The first-order chi connectivity index (χ1) is 14.8. The molecule has 0 bridgehead atoms. The highest BCUT2D eigenvalue weighted by atomic mass is 16.5. The Kier molecular flexibility index (Phi) is 5.14. The highest BCUT2D eigenvalue weighted by molar-refractivity contribution is 5.95. The quantitative estimate of drug-likeness (QED) is 0.359. The van der Waals surface area contributed by atoms with E-state index in [4.69, 9.17) is 4.74 Å². The van der Waals surface area contributed by atoms with Gasteiger partial charge < -0.3 is 4.74 Å². The number of fused-ring (bicyclic) bond motifs is 1. The molecule has 31 heavy (non-hydrogen) atoms. The highest BCUT2D eigenvalue weighted by Crippen LogP contribution is 2.35. The number of rotatable bonds is 5. The molecular weight excluding hydrogens is 396 g/mol. The molecule has 2 N–H and O–H groups in total. The molecule has 0 spiro atoms. The summed E-state index contributed by atoms with van der Waals surface area (Å²) in [5.74, 6) is 0.276. The van der Waals surface area contributed by atoms with Crippen LogP contribution in [0.2, 0.25) is 0 Å². The number of carbonyl (C=O) groups excluding carboxylic acids is 1. The van der Waals surface area contributed by atoms with Crippen molar-refractivity contribution in [2.75, 3.05) is 6.61 Å². The van der Waals surface area contributed by atoms with E-state index in [-0.39, 0.29) is 23.4 Å². The second-order valence-corrected chi connectivity index (χ2v) is 8.06. The van der Waals surface area contributed by atoms with Crippen LogP contribution in [0.1, 0.15) is 49.6 Å². The molecule has 4 rings (SSSR count). The summed E-state index contributed by atoms with van der Waals surface area (Å²) >= 11 is 0. The van der Waals surface area contributed by atoms with Crippen LogP contribution in [0.15, 0.2) is 40.6 Å². The van der Waals surface area contributed by atoms with Crippen LogP contribution in [0.3, 0.4) is 0 Å². The number of hydrogen-bond acceptors (Lipinski definition) is 7. The number of aromatic amines is 2. The molecule has 160 valence electrons. The first-order valence-electron chi connectivity index (χ1n) is 9.98. The Morgan fingerprint density at radius 2 is 1.94 bits per heavy atom. The zero-order valence-electron chi connectivity index (χ0n) is 18.1. The molecule has 0 aliphatic heterocycles. The van der Waals surface area contributed by atoms with E-state index in [1.807, 2.05) is 51.1 Å². The van der Waals surface area contributed by atoms with E-state index in [1.165, 1.54) is 0 Å². The van der Waals surface area contributed by atoms with Crippen molar-refractivity contribution in [3.05, 3.63) is 47.4 Å². The van der Waals surface area contributed by atoms with Crippen LogP contribution in [0.4, 0.5) is 11.5 Å². The Morgan fingerprint density at radius 3 is 2.61 bits per heavy atom. The predicted molar refractivity (Wildman–Crippen MR) is 115 cm³/mol. The maximum absolute atomic E-state index is 12.6. The Morgan fingerprint density at radius 1 is 1.19 bits per heavy atom. The average molecular weight is 420 g/mol. The number of aryl methyl sites for hydroxylation is 1. The van der Waals surface area contributed by atoms with Crippen LogP contribution in [-0.4, -0.2) is 42.6 Å². The van der Waals surface area contributed by atoms with E-state index in [0.29, 0.717) is 28.5 Å². The van der Waals surface area contributed by atoms with Crippen molar-refractivity contribution in [2.45, 2.75) is 40.0 Å². The number of hydrogen-bond donors (Lipinski definition) is 2. The normalized spacial score (nSPS) is 12.2. The van der Waals surface area contributed by atoms with Crippen molar-refractivity contribution in [2.24, 2.45) is 10.2 Å². The van der Waals surface area contributed by atoms with E-state index in [1.54, 1.807) is 18.5 Å². The standard InChI is InChI=1S/C21H24N8O2/c1-6-31-20(30)14-17(21(3,4)5)24-26-18(14)25-23-16-15(13-10-8-7-9-11-13)28-29-19(16)22-12(2)27-29/h7-11,28H,6H2,1-5H3,(H,24,26). The highest BCUT2D eigenvalue weighted by Gasteiger charge is 2.29. The van der Waals surface area contributed by atoms with Crippen molar-refractivity contribution in [3.8, 4) is 11.3 Å². The molecule has 0 saturated heterocycles. The minimum atomic E-state index is -0.490. The molecule has 0 fully saturated rings. The van der Waals surface area contributed by atoms with Crippen molar-refractivity contribution < 1.29 is 9.53 Å². The van der Waals surface area contributed by atoms with E-state index in [2.05, 4.69) is 35.6 Å². The smallest absolute Gasteiger partial charge is 0.344 e. The molecule has 0 aliphatic carbocycles. The SMILES string of the molecule is CCOC(=O)c1c(N=Nc2c(-c3ccccc3)[nH]n3nc(C)nc23)n[nH]c1C(C)(C)C.